The number of aromatic amines is 1. The molecule has 20 heavy (non-hydrogen) atoms. The summed E-state index contributed by atoms with van der Waals surface area (Å²) in [4.78, 5) is 6.47. The van der Waals surface area contributed by atoms with Crippen LogP contribution in [0.5, 0.6) is 0 Å². The highest BCUT2D eigenvalue weighted by Gasteiger charge is 2.31. The quantitative estimate of drug-likeness (QED) is 0.732. The third-order valence-corrected chi connectivity index (χ3v) is 6.02. The first-order valence-electron chi connectivity index (χ1n) is 7.15. The number of rotatable bonds is 2. The van der Waals surface area contributed by atoms with Crippen molar-refractivity contribution in [1.29, 1.82) is 0 Å². The van der Waals surface area contributed by atoms with Crippen molar-refractivity contribution in [3.05, 3.63) is 34.4 Å². The summed E-state index contributed by atoms with van der Waals surface area (Å²) in [7, 11) is 2.25. The summed E-state index contributed by atoms with van der Waals surface area (Å²) in [5.41, 5.74) is 2.62. The summed E-state index contributed by atoms with van der Waals surface area (Å²) >= 11 is 7.59. The monoisotopic (exact) mass is 398 g/mol. The number of fused-ring (bicyclic) bond motifs is 1. The second-order valence-electron chi connectivity index (χ2n) is 6.04. The van der Waals surface area contributed by atoms with Crippen LogP contribution in [-0.4, -0.2) is 34.3 Å². The van der Waals surface area contributed by atoms with Gasteiger partial charge in [-0.15, -0.1) is 0 Å². The van der Waals surface area contributed by atoms with Gasteiger partial charge in [0.1, 0.15) is 0 Å². The van der Waals surface area contributed by atoms with Crippen molar-refractivity contribution in [3.63, 3.8) is 0 Å². The van der Waals surface area contributed by atoms with E-state index < -0.39 is 0 Å². The van der Waals surface area contributed by atoms with Crippen molar-refractivity contribution < 1.29 is 0 Å². The molecule has 1 aromatic heterocycles. The van der Waals surface area contributed by atoms with Crippen molar-refractivity contribution in [1.82, 2.24) is 9.88 Å². The Morgan fingerprint density at radius 3 is 2.95 bits per heavy atom. The Bertz CT molecular complexity index is 596. The van der Waals surface area contributed by atoms with Crippen LogP contribution in [0.1, 0.15) is 18.9 Å². The van der Waals surface area contributed by atoms with E-state index in [-0.39, 0.29) is 0 Å². The van der Waals surface area contributed by atoms with Gasteiger partial charge in [-0.3, -0.25) is 0 Å². The van der Waals surface area contributed by atoms with Gasteiger partial charge in [0.15, 0.2) is 0 Å². The van der Waals surface area contributed by atoms with Gasteiger partial charge in [0.25, 0.3) is 0 Å². The van der Waals surface area contributed by atoms with Gasteiger partial charge in [0.2, 0.25) is 0 Å². The van der Waals surface area contributed by atoms with Crippen molar-refractivity contribution in [3.8, 4) is 0 Å². The molecule has 1 N–H and O–H groups in total. The summed E-state index contributed by atoms with van der Waals surface area (Å²) in [6, 6.07) is 6.91. The Morgan fingerprint density at radius 2 is 2.20 bits per heavy atom. The number of nitrogens with zero attached hydrogens (tertiary/aromatic N) is 1. The van der Waals surface area contributed by atoms with Crippen molar-refractivity contribution in [2.45, 2.75) is 30.6 Å². The maximum absolute atomic E-state index is 3.90. The first kappa shape index (κ1) is 14.6. The minimum Gasteiger partial charge on any atom is -0.361 e. The maximum atomic E-state index is 3.90. The molecule has 108 valence electrons. The average Bonchev–Trinajstić information content (AvgIpc) is 2.78. The third kappa shape index (κ3) is 2.70. The lowest BCUT2D eigenvalue weighted by atomic mass is 9.91. The number of piperidine rings is 1. The molecule has 2 heterocycles. The molecule has 2 aromatic rings. The van der Waals surface area contributed by atoms with E-state index in [1.165, 1.54) is 33.9 Å². The maximum Gasteiger partial charge on any atom is 0.0468 e. The van der Waals surface area contributed by atoms with Crippen LogP contribution in [-0.2, 0) is 6.42 Å². The lowest BCUT2D eigenvalue weighted by Gasteiger charge is -2.39. The number of likely N-dealkylation sites (N-methyl/N-ethyl adjacent to an activating group) is 1. The summed E-state index contributed by atoms with van der Waals surface area (Å²) in [5.74, 6) is 0.773. The molecular formula is C16H20Br2N2. The van der Waals surface area contributed by atoms with Crippen molar-refractivity contribution in [2.75, 3.05) is 13.6 Å². The summed E-state index contributed by atoms with van der Waals surface area (Å²) < 4.78 is 1.18. The molecule has 0 aliphatic carbocycles. The van der Waals surface area contributed by atoms with E-state index in [9.17, 15) is 0 Å². The molecule has 0 spiro atoms. The lowest BCUT2D eigenvalue weighted by Crippen LogP contribution is -2.47. The molecule has 0 radical (unpaired) electrons. The molecule has 2 nitrogen and oxygen atoms in total. The van der Waals surface area contributed by atoms with E-state index in [2.05, 4.69) is 80.1 Å². The average molecular weight is 400 g/mol. The van der Waals surface area contributed by atoms with E-state index in [0.717, 1.165) is 12.3 Å². The Kier molecular flexibility index (Phi) is 4.25. The molecule has 1 aliphatic heterocycles. The topological polar surface area (TPSA) is 19.0 Å². The number of alkyl halides is 1. The first-order chi connectivity index (χ1) is 9.56. The zero-order valence-electron chi connectivity index (χ0n) is 11.9. The summed E-state index contributed by atoms with van der Waals surface area (Å²) in [5, 5.41) is 1.33. The van der Waals surface area contributed by atoms with Crippen LogP contribution >= 0.6 is 31.9 Å². The molecule has 4 heteroatoms. The first-order valence-corrected chi connectivity index (χ1v) is 8.86. The molecule has 1 aromatic carbocycles. The minimum atomic E-state index is 0.567. The molecule has 0 amide bonds. The van der Waals surface area contributed by atoms with E-state index >= 15 is 0 Å². The molecule has 1 unspecified atom stereocenters. The van der Waals surface area contributed by atoms with E-state index in [0.29, 0.717) is 10.9 Å². The van der Waals surface area contributed by atoms with Gasteiger partial charge >= 0.3 is 0 Å². The molecular weight excluding hydrogens is 380 g/mol. The van der Waals surface area contributed by atoms with Gasteiger partial charge < -0.3 is 9.88 Å². The SMILES string of the molecule is C[C@@H]1CC(Br)[C@@H](Cc2c[nH]c3cccc(Br)c23)N(C)C1. The van der Waals surface area contributed by atoms with Crippen molar-refractivity contribution >= 4 is 42.8 Å². The Labute approximate surface area is 137 Å². The van der Waals surface area contributed by atoms with Gasteiger partial charge in [-0.25, -0.2) is 0 Å². The largest absolute Gasteiger partial charge is 0.361 e. The number of H-pyrrole nitrogens is 1. The summed E-state index contributed by atoms with van der Waals surface area (Å²) in [6.45, 7) is 3.53. The van der Waals surface area contributed by atoms with Gasteiger partial charge in [0.05, 0.1) is 0 Å². The minimum absolute atomic E-state index is 0.567. The van der Waals surface area contributed by atoms with Crippen LogP contribution < -0.4 is 0 Å². The van der Waals surface area contributed by atoms with E-state index in [1.807, 2.05) is 0 Å². The predicted octanol–water partition coefficient (Wildman–Crippen LogP) is 4.58. The zero-order valence-corrected chi connectivity index (χ0v) is 15.0. The van der Waals surface area contributed by atoms with Gasteiger partial charge in [0, 0.05) is 39.0 Å². The van der Waals surface area contributed by atoms with Crippen LogP contribution in [0.2, 0.25) is 0 Å². The lowest BCUT2D eigenvalue weighted by molar-refractivity contribution is 0.154. The molecule has 1 saturated heterocycles. The zero-order chi connectivity index (χ0) is 14.3. The number of halogens is 2. The Balaban J connectivity index is 1.89. The second-order valence-corrected chi connectivity index (χ2v) is 8.07. The highest BCUT2D eigenvalue weighted by molar-refractivity contribution is 9.10. The number of hydrogen-bond acceptors (Lipinski definition) is 1. The Morgan fingerprint density at radius 1 is 1.40 bits per heavy atom. The fraction of sp³-hybridized carbons (Fsp3) is 0.500. The Hall–Kier alpha value is -0.320. The highest BCUT2D eigenvalue weighted by atomic mass is 79.9. The van der Waals surface area contributed by atoms with Gasteiger partial charge in [-0.05, 0) is 43.5 Å². The number of benzene rings is 1. The van der Waals surface area contributed by atoms with Gasteiger partial charge in [-0.2, -0.15) is 0 Å². The van der Waals surface area contributed by atoms with Crippen LogP contribution in [0.4, 0.5) is 0 Å². The van der Waals surface area contributed by atoms with Crippen LogP contribution in [0.25, 0.3) is 10.9 Å². The molecule has 0 saturated carbocycles. The number of nitrogens with one attached hydrogen (secondary N) is 1. The van der Waals surface area contributed by atoms with E-state index in [4.69, 9.17) is 0 Å². The van der Waals surface area contributed by atoms with Crippen molar-refractivity contribution in [2.24, 2.45) is 5.92 Å². The smallest absolute Gasteiger partial charge is 0.0468 e. The fourth-order valence-corrected chi connectivity index (χ4v) is 5.25. The summed E-state index contributed by atoms with van der Waals surface area (Å²) in [6.07, 6.45) is 4.52. The number of hydrogen-bond donors (Lipinski definition) is 1. The highest BCUT2D eigenvalue weighted by Crippen LogP contribution is 2.32. The second kappa shape index (κ2) is 5.82. The third-order valence-electron chi connectivity index (χ3n) is 4.38. The molecule has 3 atom stereocenters. The number of likely N-dealkylation sites (tertiary alicyclic amines) is 1. The normalized spacial score (nSPS) is 28.1. The fourth-order valence-electron chi connectivity index (χ4n) is 3.40. The number of aromatic nitrogens is 1. The van der Waals surface area contributed by atoms with E-state index in [1.54, 1.807) is 0 Å². The molecule has 1 aliphatic rings. The van der Waals surface area contributed by atoms with Gasteiger partial charge in [-0.1, -0.05) is 44.8 Å². The van der Waals surface area contributed by atoms with Crippen LogP contribution in [0, 0.1) is 5.92 Å². The predicted molar refractivity (Wildman–Crippen MR) is 92.6 cm³/mol. The standard InChI is InChI=1S/C16H20Br2N2/c1-10-6-13(18)15(20(2)9-10)7-11-8-19-14-5-3-4-12(17)16(11)14/h3-5,8,10,13,15,19H,6-7,9H2,1-2H3/t10-,13?,15-/m1/s1. The molecule has 0 bridgehead atoms. The molecule has 1 fully saturated rings. The molecule has 3 rings (SSSR count). The van der Waals surface area contributed by atoms with Crippen LogP contribution in [0.15, 0.2) is 28.9 Å². The van der Waals surface area contributed by atoms with Crippen LogP contribution in [0.3, 0.4) is 0 Å².